The maximum absolute atomic E-state index is 9.60. The van der Waals surface area contributed by atoms with Crippen LogP contribution in [0.5, 0.6) is 0 Å². The molecule has 3 heterocycles. The van der Waals surface area contributed by atoms with Gasteiger partial charge in [-0.3, -0.25) is 4.90 Å². The van der Waals surface area contributed by atoms with Gasteiger partial charge in [0.05, 0.1) is 18.8 Å². The standard InChI is InChI=1S/C10H17NO2/c12-9-3-7-1-2-8(4-9)11(7)5-10-6-13-10/h7-10,12H,1-6H2. The average molecular weight is 183 g/mol. The van der Waals surface area contributed by atoms with E-state index in [-0.39, 0.29) is 6.10 Å². The molecule has 2 bridgehead atoms. The number of nitrogens with zero attached hydrogens (tertiary/aromatic N) is 1. The molecule has 3 unspecified atom stereocenters. The summed E-state index contributed by atoms with van der Waals surface area (Å²) >= 11 is 0. The predicted molar refractivity (Wildman–Crippen MR) is 48.5 cm³/mol. The first kappa shape index (κ1) is 8.21. The summed E-state index contributed by atoms with van der Waals surface area (Å²) < 4.78 is 5.26. The topological polar surface area (TPSA) is 36.0 Å². The van der Waals surface area contributed by atoms with Gasteiger partial charge in [0.1, 0.15) is 0 Å². The Kier molecular flexibility index (Phi) is 1.86. The number of piperidine rings is 1. The van der Waals surface area contributed by atoms with Crippen molar-refractivity contribution in [2.45, 2.75) is 50.0 Å². The number of aliphatic hydroxyl groups is 1. The number of hydrogen-bond acceptors (Lipinski definition) is 3. The van der Waals surface area contributed by atoms with Crippen LogP contribution in [0.1, 0.15) is 25.7 Å². The first-order valence-electron chi connectivity index (χ1n) is 5.38. The number of ether oxygens (including phenoxy) is 1. The van der Waals surface area contributed by atoms with Crippen LogP contribution in [-0.4, -0.2) is 47.4 Å². The summed E-state index contributed by atoms with van der Waals surface area (Å²) in [6.07, 6.45) is 5.03. The minimum absolute atomic E-state index is 0.0335. The van der Waals surface area contributed by atoms with Gasteiger partial charge in [-0.15, -0.1) is 0 Å². The van der Waals surface area contributed by atoms with Crippen LogP contribution in [0.15, 0.2) is 0 Å². The van der Waals surface area contributed by atoms with Crippen LogP contribution >= 0.6 is 0 Å². The van der Waals surface area contributed by atoms with Gasteiger partial charge in [0, 0.05) is 18.6 Å². The van der Waals surface area contributed by atoms with Gasteiger partial charge in [0.2, 0.25) is 0 Å². The SMILES string of the molecule is OC1CC2CCC(C1)N2CC1CO1. The van der Waals surface area contributed by atoms with Crippen molar-refractivity contribution in [2.75, 3.05) is 13.2 Å². The van der Waals surface area contributed by atoms with Gasteiger partial charge >= 0.3 is 0 Å². The van der Waals surface area contributed by atoms with Gasteiger partial charge in [-0.05, 0) is 25.7 Å². The molecule has 3 rings (SSSR count). The summed E-state index contributed by atoms with van der Waals surface area (Å²) in [5.41, 5.74) is 0. The second kappa shape index (κ2) is 2.94. The highest BCUT2D eigenvalue weighted by molar-refractivity contribution is 4.96. The predicted octanol–water partition coefficient (Wildman–Crippen LogP) is 0.373. The molecule has 0 aromatic rings. The van der Waals surface area contributed by atoms with Gasteiger partial charge in [0.15, 0.2) is 0 Å². The van der Waals surface area contributed by atoms with Gasteiger partial charge in [-0.25, -0.2) is 0 Å². The molecule has 74 valence electrons. The molecule has 3 aliphatic rings. The molecule has 3 saturated heterocycles. The molecule has 0 saturated carbocycles. The second-order valence-electron chi connectivity index (χ2n) is 4.66. The highest BCUT2D eigenvalue weighted by Crippen LogP contribution is 2.36. The van der Waals surface area contributed by atoms with Crippen molar-refractivity contribution in [3.05, 3.63) is 0 Å². The lowest BCUT2D eigenvalue weighted by atomic mass is 10.00. The Balaban J connectivity index is 1.67. The van der Waals surface area contributed by atoms with E-state index < -0.39 is 0 Å². The minimum atomic E-state index is -0.0335. The summed E-state index contributed by atoms with van der Waals surface area (Å²) in [5, 5.41) is 9.60. The fraction of sp³-hybridized carbons (Fsp3) is 1.00. The van der Waals surface area contributed by atoms with Gasteiger partial charge < -0.3 is 9.84 Å². The van der Waals surface area contributed by atoms with Crippen LogP contribution in [0, 0.1) is 0 Å². The molecule has 1 N–H and O–H groups in total. The molecule has 3 aliphatic heterocycles. The quantitative estimate of drug-likeness (QED) is 0.628. The number of fused-ring (bicyclic) bond motifs is 2. The molecule has 0 aliphatic carbocycles. The normalized spacial score (nSPS) is 49.6. The summed E-state index contributed by atoms with van der Waals surface area (Å²) in [6.45, 7) is 2.07. The van der Waals surface area contributed by atoms with E-state index in [9.17, 15) is 5.11 Å². The number of aliphatic hydroxyl groups excluding tert-OH is 1. The molecule has 3 fully saturated rings. The van der Waals surface area contributed by atoms with Crippen LogP contribution in [-0.2, 0) is 4.74 Å². The van der Waals surface area contributed by atoms with Crippen molar-refractivity contribution < 1.29 is 9.84 Å². The second-order valence-corrected chi connectivity index (χ2v) is 4.66. The van der Waals surface area contributed by atoms with Crippen molar-refractivity contribution in [2.24, 2.45) is 0 Å². The van der Waals surface area contributed by atoms with Crippen molar-refractivity contribution >= 4 is 0 Å². The molecule has 0 radical (unpaired) electrons. The highest BCUT2D eigenvalue weighted by atomic mass is 16.6. The lowest BCUT2D eigenvalue weighted by Gasteiger charge is -2.36. The van der Waals surface area contributed by atoms with Crippen molar-refractivity contribution in [1.82, 2.24) is 4.90 Å². The zero-order chi connectivity index (χ0) is 8.84. The van der Waals surface area contributed by atoms with E-state index in [4.69, 9.17) is 4.74 Å². The summed E-state index contributed by atoms with van der Waals surface area (Å²) in [6, 6.07) is 1.30. The zero-order valence-corrected chi connectivity index (χ0v) is 7.85. The van der Waals surface area contributed by atoms with Crippen LogP contribution in [0.2, 0.25) is 0 Å². The molecule has 3 atom stereocenters. The maximum atomic E-state index is 9.60. The highest BCUT2D eigenvalue weighted by Gasteiger charge is 2.42. The lowest BCUT2D eigenvalue weighted by Crippen LogP contribution is -2.46. The van der Waals surface area contributed by atoms with E-state index in [1.54, 1.807) is 0 Å². The third-order valence-corrected chi connectivity index (χ3v) is 3.68. The van der Waals surface area contributed by atoms with Crippen LogP contribution in [0.3, 0.4) is 0 Å². The molecular weight excluding hydrogens is 166 g/mol. The Hall–Kier alpha value is -0.120. The largest absolute Gasteiger partial charge is 0.393 e. The minimum Gasteiger partial charge on any atom is -0.393 e. The first-order chi connectivity index (χ1) is 6.33. The monoisotopic (exact) mass is 183 g/mol. The Morgan fingerprint density at radius 3 is 2.38 bits per heavy atom. The third-order valence-electron chi connectivity index (χ3n) is 3.68. The average Bonchev–Trinajstić information content (AvgIpc) is 2.83. The fourth-order valence-electron chi connectivity index (χ4n) is 2.95. The van der Waals surface area contributed by atoms with E-state index in [0.29, 0.717) is 18.2 Å². The Bertz CT molecular complexity index is 191. The first-order valence-corrected chi connectivity index (χ1v) is 5.38. The summed E-state index contributed by atoms with van der Waals surface area (Å²) in [5.74, 6) is 0. The molecule has 0 spiro atoms. The molecule has 0 amide bonds. The molecule has 0 aromatic heterocycles. The van der Waals surface area contributed by atoms with Gasteiger partial charge in [-0.2, -0.15) is 0 Å². The zero-order valence-electron chi connectivity index (χ0n) is 7.85. The van der Waals surface area contributed by atoms with E-state index in [2.05, 4.69) is 4.90 Å². The molecule has 13 heavy (non-hydrogen) atoms. The third kappa shape index (κ3) is 1.49. The molecule has 0 aromatic carbocycles. The fourth-order valence-corrected chi connectivity index (χ4v) is 2.95. The molecular formula is C10H17NO2. The van der Waals surface area contributed by atoms with E-state index in [1.807, 2.05) is 0 Å². The smallest absolute Gasteiger partial charge is 0.0936 e. The molecule has 3 nitrogen and oxygen atoms in total. The van der Waals surface area contributed by atoms with Crippen LogP contribution < -0.4 is 0 Å². The molecule has 3 heteroatoms. The Labute approximate surface area is 78.7 Å². The number of hydrogen-bond donors (Lipinski definition) is 1. The lowest BCUT2D eigenvalue weighted by molar-refractivity contribution is 0.0319. The van der Waals surface area contributed by atoms with Gasteiger partial charge in [0.25, 0.3) is 0 Å². The summed E-state index contributed by atoms with van der Waals surface area (Å²) in [7, 11) is 0. The van der Waals surface area contributed by atoms with E-state index in [1.165, 1.54) is 12.8 Å². The number of epoxide rings is 1. The van der Waals surface area contributed by atoms with Crippen molar-refractivity contribution in [3.8, 4) is 0 Å². The van der Waals surface area contributed by atoms with Crippen molar-refractivity contribution in [1.29, 1.82) is 0 Å². The van der Waals surface area contributed by atoms with E-state index in [0.717, 1.165) is 26.0 Å². The summed E-state index contributed by atoms with van der Waals surface area (Å²) in [4.78, 5) is 2.57. The maximum Gasteiger partial charge on any atom is 0.0936 e. The van der Waals surface area contributed by atoms with Crippen LogP contribution in [0.25, 0.3) is 0 Å². The van der Waals surface area contributed by atoms with Gasteiger partial charge in [-0.1, -0.05) is 0 Å². The van der Waals surface area contributed by atoms with Crippen LogP contribution in [0.4, 0.5) is 0 Å². The van der Waals surface area contributed by atoms with E-state index >= 15 is 0 Å². The Morgan fingerprint density at radius 2 is 1.85 bits per heavy atom. The van der Waals surface area contributed by atoms with Crippen molar-refractivity contribution in [3.63, 3.8) is 0 Å². The number of rotatable bonds is 2. The Morgan fingerprint density at radius 1 is 1.23 bits per heavy atom.